The van der Waals surface area contributed by atoms with Gasteiger partial charge in [-0.3, -0.25) is 0 Å². The summed E-state index contributed by atoms with van der Waals surface area (Å²) in [7, 11) is 1.30. The third kappa shape index (κ3) is 4.75. The summed E-state index contributed by atoms with van der Waals surface area (Å²) in [6.07, 6.45) is -0.260. The number of aromatic nitrogens is 1. The molecule has 0 aliphatic carbocycles. The van der Waals surface area contributed by atoms with Gasteiger partial charge in [0.2, 0.25) is 0 Å². The van der Waals surface area contributed by atoms with Crippen LogP contribution in [0.3, 0.4) is 0 Å². The van der Waals surface area contributed by atoms with Crippen molar-refractivity contribution < 1.29 is 28.6 Å². The van der Waals surface area contributed by atoms with Crippen molar-refractivity contribution in [1.29, 1.82) is 0 Å². The molecule has 1 aromatic heterocycles. The molecule has 0 amide bonds. The molecule has 0 saturated carbocycles. The third-order valence-corrected chi connectivity index (χ3v) is 3.91. The van der Waals surface area contributed by atoms with Gasteiger partial charge in [0.25, 0.3) is 0 Å². The SMILES string of the molecule is COC(=O)c1cccc(COC(=O)c2[nH]c(C)c(C(=O)OC(C)C)c2C)c1. The van der Waals surface area contributed by atoms with Crippen molar-refractivity contribution in [2.75, 3.05) is 7.11 Å². The van der Waals surface area contributed by atoms with Gasteiger partial charge in [-0.15, -0.1) is 0 Å². The average Bonchev–Trinajstić information content (AvgIpc) is 2.93. The van der Waals surface area contributed by atoms with Gasteiger partial charge in [-0.2, -0.15) is 0 Å². The van der Waals surface area contributed by atoms with Gasteiger partial charge in [0, 0.05) is 5.69 Å². The first-order valence-electron chi connectivity index (χ1n) is 8.49. The van der Waals surface area contributed by atoms with Gasteiger partial charge in [-0.1, -0.05) is 12.1 Å². The number of benzene rings is 1. The molecule has 2 rings (SSSR count). The number of ether oxygens (including phenoxy) is 3. The Hall–Kier alpha value is -3.09. The van der Waals surface area contributed by atoms with E-state index < -0.39 is 17.9 Å². The predicted molar refractivity (Wildman–Crippen MR) is 97.7 cm³/mol. The Morgan fingerprint density at radius 3 is 2.41 bits per heavy atom. The van der Waals surface area contributed by atoms with E-state index in [4.69, 9.17) is 9.47 Å². The van der Waals surface area contributed by atoms with Crippen molar-refractivity contribution in [2.24, 2.45) is 0 Å². The van der Waals surface area contributed by atoms with E-state index in [0.717, 1.165) is 0 Å². The molecule has 0 bridgehead atoms. The lowest BCUT2D eigenvalue weighted by Gasteiger charge is -2.08. The second-order valence-corrected chi connectivity index (χ2v) is 6.35. The monoisotopic (exact) mass is 373 g/mol. The Balaban J connectivity index is 2.13. The quantitative estimate of drug-likeness (QED) is 0.616. The number of H-pyrrole nitrogens is 1. The first-order chi connectivity index (χ1) is 12.7. The van der Waals surface area contributed by atoms with Crippen LogP contribution in [0.25, 0.3) is 0 Å². The van der Waals surface area contributed by atoms with Gasteiger partial charge in [-0.25, -0.2) is 14.4 Å². The summed E-state index contributed by atoms with van der Waals surface area (Å²) in [6.45, 7) is 6.85. The Bertz CT molecular complexity index is 865. The zero-order valence-corrected chi connectivity index (χ0v) is 16.0. The second kappa shape index (κ2) is 8.53. The van der Waals surface area contributed by atoms with Gasteiger partial charge in [0.05, 0.1) is 24.3 Å². The molecule has 0 saturated heterocycles. The standard InChI is InChI=1S/C20H23NO6/c1-11(2)27-19(23)16-12(3)17(21-13(16)4)20(24)26-10-14-7-6-8-15(9-14)18(22)25-5/h6-9,11,21H,10H2,1-5H3. The molecule has 27 heavy (non-hydrogen) atoms. The Kier molecular flexibility index (Phi) is 6.39. The van der Waals surface area contributed by atoms with E-state index in [0.29, 0.717) is 27.9 Å². The first-order valence-corrected chi connectivity index (χ1v) is 8.49. The molecular weight excluding hydrogens is 350 g/mol. The lowest BCUT2D eigenvalue weighted by Crippen LogP contribution is -2.13. The van der Waals surface area contributed by atoms with Crippen molar-refractivity contribution in [3.05, 3.63) is 57.9 Å². The Morgan fingerprint density at radius 1 is 1.07 bits per heavy atom. The van der Waals surface area contributed by atoms with Crippen LogP contribution in [-0.4, -0.2) is 36.1 Å². The minimum absolute atomic E-state index is 0.0209. The molecule has 1 N–H and O–H groups in total. The summed E-state index contributed by atoms with van der Waals surface area (Å²) in [6, 6.07) is 6.62. The number of hydrogen-bond acceptors (Lipinski definition) is 6. The largest absolute Gasteiger partial charge is 0.465 e. The van der Waals surface area contributed by atoms with Crippen molar-refractivity contribution in [1.82, 2.24) is 4.98 Å². The van der Waals surface area contributed by atoms with E-state index >= 15 is 0 Å². The highest BCUT2D eigenvalue weighted by molar-refractivity contribution is 5.98. The minimum Gasteiger partial charge on any atom is -0.465 e. The summed E-state index contributed by atoms with van der Waals surface area (Å²) in [4.78, 5) is 39.1. The van der Waals surface area contributed by atoms with Crippen LogP contribution in [0.2, 0.25) is 0 Å². The molecule has 0 atom stereocenters. The summed E-state index contributed by atoms with van der Waals surface area (Å²) in [5, 5.41) is 0. The predicted octanol–water partition coefficient (Wildman–Crippen LogP) is 3.34. The van der Waals surface area contributed by atoms with E-state index in [1.54, 1.807) is 52.0 Å². The molecule has 1 heterocycles. The lowest BCUT2D eigenvalue weighted by atomic mass is 10.1. The number of hydrogen-bond donors (Lipinski definition) is 1. The van der Waals surface area contributed by atoms with Crippen molar-refractivity contribution in [2.45, 2.75) is 40.4 Å². The van der Waals surface area contributed by atoms with Crippen LogP contribution in [0.4, 0.5) is 0 Å². The number of rotatable bonds is 6. The fourth-order valence-corrected chi connectivity index (χ4v) is 2.66. The number of carbonyl (C=O) groups is 3. The second-order valence-electron chi connectivity index (χ2n) is 6.35. The van der Waals surface area contributed by atoms with Gasteiger partial charge < -0.3 is 19.2 Å². The van der Waals surface area contributed by atoms with Crippen LogP contribution in [0.15, 0.2) is 24.3 Å². The van der Waals surface area contributed by atoms with E-state index in [1.807, 2.05) is 0 Å². The minimum atomic E-state index is -0.595. The molecule has 1 aromatic carbocycles. The molecule has 0 aliphatic heterocycles. The number of methoxy groups -OCH3 is 1. The first kappa shape index (κ1) is 20.2. The topological polar surface area (TPSA) is 94.7 Å². The molecule has 0 aliphatic rings. The van der Waals surface area contributed by atoms with Crippen molar-refractivity contribution in [3.63, 3.8) is 0 Å². The normalized spacial score (nSPS) is 10.6. The Labute approximate surface area is 157 Å². The van der Waals surface area contributed by atoms with Crippen LogP contribution < -0.4 is 0 Å². The van der Waals surface area contributed by atoms with Gasteiger partial charge in [-0.05, 0) is 51.0 Å². The van der Waals surface area contributed by atoms with Crippen molar-refractivity contribution >= 4 is 17.9 Å². The number of aromatic amines is 1. The molecule has 0 radical (unpaired) electrons. The number of carbonyl (C=O) groups excluding carboxylic acids is 3. The smallest absolute Gasteiger partial charge is 0.355 e. The van der Waals surface area contributed by atoms with E-state index in [-0.39, 0.29) is 18.4 Å². The molecule has 7 nitrogen and oxygen atoms in total. The Morgan fingerprint density at radius 2 is 1.78 bits per heavy atom. The van der Waals surface area contributed by atoms with E-state index in [1.165, 1.54) is 7.11 Å². The van der Waals surface area contributed by atoms with Crippen LogP contribution in [-0.2, 0) is 20.8 Å². The summed E-state index contributed by atoms with van der Waals surface area (Å²) in [5.41, 5.74) is 2.57. The highest BCUT2D eigenvalue weighted by atomic mass is 16.5. The van der Waals surface area contributed by atoms with Gasteiger partial charge in [0.15, 0.2) is 0 Å². The fraction of sp³-hybridized carbons (Fsp3) is 0.350. The molecule has 144 valence electrons. The van der Waals surface area contributed by atoms with Gasteiger partial charge in [0.1, 0.15) is 12.3 Å². The summed E-state index contributed by atoms with van der Waals surface area (Å²) >= 11 is 0. The molecule has 0 fully saturated rings. The van der Waals surface area contributed by atoms with Crippen LogP contribution in [0.5, 0.6) is 0 Å². The molecule has 7 heteroatoms. The lowest BCUT2D eigenvalue weighted by molar-refractivity contribution is 0.0376. The average molecular weight is 373 g/mol. The maximum Gasteiger partial charge on any atom is 0.355 e. The highest BCUT2D eigenvalue weighted by Crippen LogP contribution is 2.21. The summed E-state index contributed by atoms with van der Waals surface area (Å²) < 4.78 is 15.2. The molecular formula is C20H23NO6. The molecule has 0 spiro atoms. The van der Waals surface area contributed by atoms with Crippen molar-refractivity contribution in [3.8, 4) is 0 Å². The van der Waals surface area contributed by atoms with E-state index in [2.05, 4.69) is 9.72 Å². The van der Waals surface area contributed by atoms with Gasteiger partial charge >= 0.3 is 17.9 Å². The summed E-state index contributed by atoms with van der Waals surface area (Å²) in [5.74, 6) is -1.55. The highest BCUT2D eigenvalue weighted by Gasteiger charge is 2.24. The zero-order chi connectivity index (χ0) is 20.1. The number of nitrogens with one attached hydrogen (secondary N) is 1. The third-order valence-electron chi connectivity index (χ3n) is 3.91. The number of aryl methyl sites for hydroxylation is 1. The maximum absolute atomic E-state index is 12.4. The zero-order valence-electron chi connectivity index (χ0n) is 16.0. The number of esters is 3. The van der Waals surface area contributed by atoms with Crippen LogP contribution >= 0.6 is 0 Å². The molecule has 0 unspecified atom stereocenters. The fourth-order valence-electron chi connectivity index (χ4n) is 2.66. The van der Waals surface area contributed by atoms with E-state index in [9.17, 15) is 14.4 Å². The maximum atomic E-state index is 12.4. The van der Waals surface area contributed by atoms with Crippen LogP contribution in [0, 0.1) is 13.8 Å². The molecule has 2 aromatic rings. The van der Waals surface area contributed by atoms with Crippen LogP contribution in [0.1, 0.15) is 61.9 Å².